The summed E-state index contributed by atoms with van der Waals surface area (Å²) in [7, 11) is -4.34. The van der Waals surface area contributed by atoms with E-state index in [0.29, 0.717) is 62.7 Å². The van der Waals surface area contributed by atoms with Crippen molar-refractivity contribution in [3.8, 4) is 0 Å². The molecule has 4 rings (SSSR count). The molecule has 6 N–H and O–H groups in total. The van der Waals surface area contributed by atoms with Gasteiger partial charge in [-0.25, -0.2) is 19.2 Å². The van der Waals surface area contributed by atoms with Crippen molar-refractivity contribution in [2.45, 2.75) is 154 Å². The Morgan fingerprint density at radius 2 is 0.873 bits per heavy atom. The third kappa shape index (κ3) is 28.6. The molecular formula is C59H80N5O14P. The summed E-state index contributed by atoms with van der Waals surface area (Å²) in [6, 6.07) is 32.2. The lowest BCUT2D eigenvalue weighted by atomic mass is 10.1. The summed E-state index contributed by atoms with van der Waals surface area (Å²) in [5.74, 6) is -4.00. The number of nitrogens with one attached hydrogen (secondary N) is 4. The first-order valence-corrected chi connectivity index (χ1v) is 28.9. The van der Waals surface area contributed by atoms with Crippen LogP contribution in [0.5, 0.6) is 0 Å². The lowest BCUT2D eigenvalue weighted by Crippen LogP contribution is -2.45. The zero-order chi connectivity index (χ0) is 56.8. The maximum absolute atomic E-state index is 14.5. The fraction of sp³-hybridized carbons (Fsp3) is 0.475. The lowest BCUT2D eigenvalue weighted by molar-refractivity contribution is -0.150. The Morgan fingerprint density at radius 1 is 0.456 bits per heavy atom. The SMILES string of the molecule is CCCCOP(=O)(N[C@@H](CCC(=O)OCc1ccccc1)C(=O)OCc1ccccc1)OCCC[C@H](NC(=O)CC[C@H](NC(=O)CCCCCNC(=O)CCCCCN)C(=O)OCc1ccccc1)C(=O)OCc1ccccc1. The molecule has 0 radical (unpaired) electrons. The molecule has 0 saturated carbocycles. The number of amides is 3. The van der Waals surface area contributed by atoms with Crippen LogP contribution in [0.25, 0.3) is 0 Å². The normalized spacial score (nSPS) is 12.9. The summed E-state index contributed by atoms with van der Waals surface area (Å²) in [6.45, 7) is 2.45. The van der Waals surface area contributed by atoms with Crippen molar-refractivity contribution in [2.75, 3.05) is 26.3 Å². The van der Waals surface area contributed by atoms with E-state index < -0.39 is 61.6 Å². The average molecular weight is 1110 g/mol. The number of nitrogens with two attached hydrogens (primary N) is 1. The van der Waals surface area contributed by atoms with Crippen LogP contribution in [0.1, 0.15) is 132 Å². The monoisotopic (exact) mass is 1110 g/mol. The highest BCUT2D eigenvalue weighted by Crippen LogP contribution is 2.45. The summed E-state index contributed by atoms with van der Waals surface area (Å²) in [5.41, 5.74) is 8.42. The Hall–Kier alpha value is -6.76. The number of carbonyl (C=O) groups excluding carboxylic acids is 7. The number of esters is 4. The molecular weight excluding hydrogens is 1030 g/mol. The van der Waals surface area contributed by atoms with Gasteiger partial charge in [-0.3, -0.25) is 33.0 Å². The largest absolute Gasteiger partial charge is 0.461 e. The third-order valence-electron chi connectivity index (χ3n) is 12.2. The summed E-state index contributed by atoms with van der Waals surface area (Å²) in [5, 5.41) is 11.0. The molecule has 79 heavy (non-hydrogen) atoms. The van der Waals surface area contributed by atoms with E-state index in [1.165, 1.54) is 0 Å². The van der Waals surface area contributed by atoms with Gasteiger partial charge in [0.25, 0.3) is 0 Å². The fourth-order valence-corrected chi connectivity index (χ4v) is 9.29. The van der Waals surface area contributed by atoms with Crippen LogP contribution in [0.2, 0.25) is 0 Å². The summed E-state index contributed by atoms with van der Waals surface area (Å²) in [6.07, 6.45) is 5.13. The van der Waals surface area contributed by atoms with E-state index >= 15 is 0 Å². The van der Waals surface area contributed by atoms with Crippen molar-refractivity contribution in [2.24, 2.45) is 5.73 Å². The molecule has 0 fully saturated rings. The number of rotatable bonds is 41. The number of hydrogen-bond donors (Lipinski definition) is 5. The molecule has 4 aromatic carbocycles. The summed E-state index contributed by atoms with van der Waals surface area (Å²) < 4.78 is 48.4. The summed E-state index contributed by atoms with van der Waals surface area (Å²) >= 11 is 0. The van der Waals surface area contributed by atoms with Gasteiger partial charge in [0, 0.05) is 32.2 Å². The highest BCUT2D eigenvalue weighted by atomic mass is 31.2. The van der Waals surface area contributed by atoms with Crippen molar-refractivity contribution in [3.05, 3.63) is 144 Å². The van der Waals surface area contributed by atoms with Crippen LogP contribution in [0.3, 0.4) is 0 Å². The van der Waals surface area contributed by atoms with Crippen LogP contribution in [-0.2, 0) is 92.5 Å². The van der Waals surface area contributed by atoms with Crippen LogP contribution in [0, 0.1) is 0 Å². The molecule has 430 valence electrons. The van der Waals surface area contributed by atoms with Crippen molar-refractivity contribution in [3.63, 3.8) is 0 Å². The minimum Gasteiger partial charge on any atom is -0.461 e. The van der Waals surface area contributed by atoms with Gasteiger partial charge in [-0.2, -0.15) is 0 Å². The van der Waals surface area contributed by atoms with Gasteiger partial charge >= 0.3 is 31.6 Å². The second kappa shape index (κ2) is 38.7. The highest BCUT2D eigenvalue weighted by molar-refractivity contribution is 7.51. The molecule has 0 aromatic heterocycles. The van der Waals surface area contributed by atoms with Gasteiger partial charge in [0.15, 0.2) is 0 Å². The number of ether oxygens (including phenoxy) is 4. The Kier molecular flexibility index (Phi) is 31.8. The number of hydrogen-bond acceptors (Lipinski definition) is 15. The van der Waals surface area contributed by atoms with Crippen molar-refractivity contribution >= 4 is 49.3 Å². The topological polar surface area (TPSA) is 266 Å². The molecule has 0 bridgehead atoms. The first-order valence-electron chi connectivity index (χ1n) is 27.4. The third-order valence-corrected chi connectivity index (χ3v) is 13.9. The maximum Gasteiger partial charge on any atom is 0.406 e. The smallest absolute Gasteiger partial charge is 0.406 e. The predicted molar refractivity (Wildman–Crippen MR) is 297 cm³/mol. The van der Waals surface area contributed by atoms with E-state index in [9.17, 15) is 38.1 Å². The van der Waals surface area contributed by atoms with Crippen LogP contribution >= 0.6 is 7.75 Å². The molecule has 19 nitrogen and oxygen atoms in total. The van der Waals surface area contributed by atoms with E-state index in [0.717, 1.165) is 30.4 Å². The average Bonchev–Trinajstić information content (AvgIpc) is 3.46. The molecule has 3 amide bonds. The first-order chi connectivity index (χ1) is 38.4. The molecule has 20 heteroatoms. The number of benzene rings is 4. The van der Waals surface area contributed by atoms with Gasteiger partial charge in [-0.05, 0) is 86.6 Å². The summed E-state index contributed by atoms with van der Waals surface area (Å²) in [4.78, 5) is 92.8. The predicted octanol–water partition coefficient (Wildman–Crippen LogP) is 8.37. The molecule has 1 unspecified atom stereocenters. The van der Waals surface area contributed by atoms with E-state index in [1.54, 1.807) is 72.8 Å². The standard InChI is InChI=1S/C59H80N5O14P/c1-2-3-40-77-79(72,64-52(59(71)76-45-49-29-16-7-17-30-49)35-37-56(68)73-42-46-23-10-4-11-24-46)78-41-22-31-50(57(69)74-43-47-25-12-5-13-26-47)62-55(67)36-34-51(58(70)75-44-48-27-14-6-15-28-48)63-54(66)33-19-9-21-39-61-53(65)32-18-8-20-38-60/h4-7,10-17,23-30,50-52H,2-3,8-9,18-22,31-45,60H2,1H3,(H,61,65)(H,62,67)(H,63,66)(H,64,72)/t50-,51-,52-,79?/m0/s1. The lowest BCUT2D eigenvalue weighted by Gasteiger charge is -2.25. The van der Waals surface area contributed by atoms with Crippen LogP contribution < -0.4 is 26.8 Å². The molecule has 0 aliphatic rings. The van der Waals surface area contributed by atoms with Gasteiger partial charge < -0.3 is 40.6 Å². The van der Waals surface area contributed by atoms with Gasteiger partial charge in [0.05, 0.1) is 13.2 Å². The zero-order valence-corrected chi connectivity index (χ0v) is 46.4. The molecule has 0 saturated heterocycles. The van der Waals surface area contributed by atoms with E-state index in [4.69, 9.17) is 33.7 Å². The highest BCUT2D eigenvalue weighted by Gasteiger charge is 2.34. The molecule has 0 aliphatic carbocycles. The molecule has 0 spiro atoms. The second-order valence-corrected chi connectivity index (χ2v) is 20.6. The van der Waals surface area contributed by atoms with Crippen molar-refractivity contribution in [1.82, 2.24) is 21.0 Å². The Bertz CT molecular complexity index is 2460. The van der Waals surface area contributed by atoms with Crippen LogP contribution in [0.4, 0.5) is 0 Å². The molecule has 4 atom stereocenters. The molecule has 4 aromatic rings. The van der Waals surface area contributed by atoms with E-state index in [2.05, 4.69) is 21.0 Å². The molecule has 0 heterocycles. The zero-order valence-electron chi connectivity index (χ0n) is 45.5. The van der Waals surface area contributed by atoms with Gasteiger partial charge in [0.1, 0.15) is 44.6 Å². The Morgan fingerprint density at radius 3 is 1.37 bits per heavy atom. The number of unbranched alkanes of at least 4 members (excludes halogenated alkanes) is 5. The van der Waals surface area contributed by atoms with Gasteiger partial charge in [-0.1, -0.05) is 148 Å². The van der Waals surface area contributed by atoms with Crippen molar-refractivity contribution in [1.29, 1.82) is 0 Å². The quantitative estimate of drug-likeness (QED) is 0.0121. The van der Waals surface area contributed by atoms with Gasteiger partial charge in [-0.15, -0.1) is 0 Å². The van der Waals surface area contributed by atoms with E-state index in [1.807, 2.05) is 55.5 Å². The number of carbonyl (C=O) groups is 7. The van der Waals surface area contributed by atoms with E-state index in [-0.39, 0.29) is 90.5 Å². The minimum absolute atomic E-state index is 0.00487. The Labute approximate surface area is 464 Å². The van der Waals surface area contributed by atoms with Crippen LogP contribution in [-0.4, -0.2) is 86.0 Å². The molecule has 0 aliphatic heterocycles. The first kappa shape index (κ1) is 64.8. The van der Waals surface area contributed by atoms with Crippen LogP contribution in [0.15, 0.2) is 121 Å². The van der Waals surface area contributed by atoms with Gasteiger partial charge in [0.2, 0.25) is 17.7 Å². The fourth-order valence-electron chi connectivity index (χ4n) is 7.72. The maximum atomic E-state index is 14.5. The van der Waals surface area contributed by atoms with Crippen molar-refractivity contribution < 1.29 is 66.1 Å². The Balaban J connectivity index is 1.40. The minimum atomic E-state index is -4.34. The second-order valence-electron chi connectivity index (χ2n) is 18.8.